The van der Waals surface area contributed by atoms with Crippen LogP contribution in [0.5, 0.6) is 0 Å². The highest BCUT2D eigenvalue weighted by Crippen LogP contribution is 2.42. The van der Waals surface area contributed by atoms with Gasteiger partial charge in [-0.25, -0.2) is 0 Å². The Kier molecular flexibility index (Phi) is 6.65. The SMILES string of the molecule is CN(C)c1ccc(N2C(=O)CS[C@H]2c2cccc(NC(=O)c3ccc(Cl)cc3Cl)c2)cc1. The highest BCUT2D eigenvalue weighted by Gasteiger charge is 2.34. The zero-order valence-electron chi connectivity index (χ0n) is 17.5. The van der Waals surface area contributed by atoms with Crippen LogP contribution in [0.25, 0.3) is 0 Å². The predicted octanol–water partition coefficient (Wildman–Crippen LogP) is 6.09. The monoisotopic (exact) mass is 485 g/mol. The molecule has 1 atom stereocenters. The summed E-state index contributed by atoms with van der Waals surface area (Å²) in [6.07, 6.45) is 0. The first-order valence-corrected chi connectivity index (χ1v) is 11.7. The van der Waals surface area contributed by atoms with Crippen molar-refractivity contribution in [3.63, 3.8) is 0 Å². The van der Waals surface area contributed by atoms with Crippen LogP contribution in [0.15, 0.2) is 66.7 Å². The molecule has 0 spiro atoms. The summed E-state index contributed by atoms with van der Waals surface area (Å²) in [5, 5.41) is 3.46. The molecule has 0 aliphatic carbocycles. The zero-order chi connectivity index (χ0) is 22.8. The quantitative estimate of drug-likeness (QED) is 0.474. The topological polar surface area (TPSA) is 52.6 Å². The summed E-state index contributed by atoms with van der Waals surface area (Å²) in [5.41, 5.74) is 3.81. The first-order valence-electron chi connectivity index (χ1n) is 9.91. The molecule has 8 heteroatoms. The van der Waals surface area contributed by atoms with Crippen LogP contribution in [-0.2, 0) is 4.79 Å². The van der Waals surface area contributed by atoms with Crippen molar-refractivity contribution in [1.29, 1.82) is 0 Å². The number of nitrogens with one attached hydrogen (secondary N) is 1. The Morgan fingerprint density at radius 1 is 1.06 bits per heavy atom. The predicted molar refractivity (Wildman–Crippen MR) is 134 cm³/mol. The van der Waals surface area contributed by atoms with E-state index in [4.69, 9.17) is 23.2 Å². The van der Waals surface area contributed by atoms with Gasteiger partial charge in [-0.3, -0.25) is 14.5 Å². The van der Waals surface area contributed by atoms with Crippen molar-refractivity contribution in [2.75, 3.05) is 35.0 Å². The Balaban J connectivity index is 1.57. The molecule has 0 radical (unpaired) electrons. The molecule has 5 nitrogen and oxygen atoms in total. The lowest BCUT2D eigenvalue weighted by Gasteiger charge is -2.25. The fourth-order valence-corrected chi connectivity index (χ4v) is 5.16. The number of carbonyl (C=O) groups excluding carboxylic acids is 2. The standard InChI is InChI=1S/C24H21Cl2N3O2S/c1-28(2)18-7-9-19(10-8-18)29-22(30)14-32-24(29)15-4-3-5-17(12-15)27-23(31)20-11-6-16(25)13-21(20)26/h3-13,24H,14H2,1-2H3,(H,27,31)/t24-/m0/s1. The second-order valence-electron chi connectivity index (χ2n) is 7.54. The normalized spacial score (nSPS) is 15.7. The molecule has 3 aromatic carbocycles. The van der Waals surface area contributed by atoms with Gasteiger partial charge in [0.05, 0.1) is 16.3 Å². The first-order chi connectivity index (χ1) is 15.3. The van der Waals surface area contributed by atoms with Crippen molar-refractivity contribution >= 4 is 63.8 Å². The van der Waals surface area contributed by atoms with E-state index in [1.807, 2.05) is 67.5 Å². The number of benzene rings is 3. The minimum absolute atomic E-state index is 0.0555. The Bertz CT molecular complexity index is 1170. The van der Waals surface area contributed by atoms with Crippen molar-refractivity contribution in [2.24, 2.45) is 0 Å². The molecule has 0 bridgehead atoms. The number of halogens is 2. The molecule has 1 aliphatic rings. The van der Waals surface area contributed by atoms with Crippen LogP contribution in [0.4, 0.5) is 17.1 Å². The summed E-state index contributed by atoms with van der Waals surface area (Å²) >= 11 is 13.6. The summed E-state index contributed by atoms with van der Waals surface area (Å²) in [4.78, 5) is 29.2. The molecule has 1 saturated heterocycles. The number of nitrogens with zero attached hydrogens (tertiary/aromatic N) is 2. The fourth-order valence-electron chi connectivity index (χ4n) is 3.50. The van der Waals surface area contributed by atoms with E-state index >= 15 is 0 Å². The van der Waals surface area contributed by atoms with Gasteiger partial charge in [-0.05, 0) is 60.2 Å². The number of hydrogen-bond donors (Lipinski definition) is 1. The lowest BCUT2D eigenvalue weighted by atomic mass is 10.1. The van der Waals surface area contributed by atoms with Gasteiger partial charge in [0.2, 0.25) is 5.91 Å². The van der Waals surface area contributed by atoms with E-state index in [0.717, 1.165) is 16.9 Å². The summed E-state index contributed by atoms with van der Waals surface area (Å²) in [6.45, 7) is 0. The average molecular weight is 486 g/mol. The van der Waals surface area contributed by atoms with Crippen molar-refractivity contribution in [2.45, 2.75) is 5.37 Å². The van der Waals surface area contributed by atoms with Gasteiger partial charge in [0.15, 0.2) is 0 Å². The Morgan fingerprint density at radius 3 is 2.50 bits per heavy atom. The molecule has 1 N–H and O–H groups in total. The maximum Gasteiger partial charge on any atom is 0.257 e. The second kappa shape index (κ2) is 9.45. The maximum absolute atomic E-state index is 12.7. The first kappa shape index (κ1) is 22.5. The van der Waals surface area contributed by atoms with E-state index in [9.17, 15) is 9.59 Å². The number of carbonyl (C=O) groups is 2. The van der Waals surface area contributed by atoms with Gasteiger partial charge < -0.3 is 10.2 Å². The Morgan fingerprint density at radius 2 is 1.81 bits per heavy atom. The molecule has 1 heterocycles. The third kappa shape index (κ3) is 4.72. The number of anilines is 3. The molecule has 32 heavy (non-hydrogen) atoms. The van der Waals surface area contributed by atoms with E-state index in [1.165, 1.54) is 6.07 Å². The minimum atomic E-state index is -0.324. The van der Waals surface area contributed by atoms with Crippen LogP contribution in [-0.4, -0.2) is 31.7 Å². The number of hydrogen-bond acceptors (Lipinski definition) is 4. The van der Waals surface area contributed by atoms with Crippen LogP contribution >= 0.6 is 35.0 Å². The fraction of sp³-hybridized carbons (Fsp3) is 0.167. The number of thioether (sulfide) groups is 1. The summed E-state index contributed by atoms with van der Waals surface area (Å²) in [6, 6.07) is 20.2. The molecule has 1 aliphatic heterocycles. The molecule has 164 valence electrons. The van der Waals surface area contributed by atoms with Crippen LogP contribution in [0.3, 0.4) is 0 Å². The van der Waals surface area contributed by atoms with Gasteiger partial charge in [0, 0.05) is 36.2 Å². The van der Waals surface area contributed by atoms with Gasteiger partial charge >= 0.3 is 0 Å². The van der Waals surface area contributed by atoms with E-state index in [-0.39, 0.29) is 22.2 Å². The van der Waals surface area contributed by atoms with Crippen LogP contribution in [0, 0.1) is 0 Å². The van der Waals surface area contributed by atoms with Crippen molar-refractivity contribution in [3.05, 3.63) is 87.9 Å². The third-order valence-corrected chi connectivity index (χ3v) is 6.88. The molecule has 4 rings (SSSR count). The van der Waals surface area contributed by atoms with E-state index in [2.05, 4.69) is 5.32 Å². The van der Waals surface area contributed by atoms with E-state index in [0.29, 0.717) is 22.0 Å². The van der Waals surface area contributed by atoms with Gasteiger partial charge in [-0.1, -0.05) is 35.3 Å². The largest absolute Gasteiger partial charge is 0.378 e. The van der Waals surface area contributed by atoms with Gasteiger partial charge in [-0.2, -0.15) is 0 Å². The molecule has 2 amide bonds. The summed E-state index contributed by atoms with van der Waals surface area (Å²) in [5.74, 6) is 0.131. The minimum Gasteiger partial charge on any atom is -0.378 e. The van der Waals surface area contributed by atoms with E-state index in [1.54, 1.807) is 28.8 Å². The molecule has 0 saturated carbocycles. The van der Waals surface area contributed by atoms with Gasteiger partial charge in [0.25, 0.3) is 5.91 Å². The Labute approximate surface area is 201 Å². The lowest BCUT2D eigenvalue weighted by Crippen LogP contribution is -2.27. The average Bonchev–Trinajstić information content (AvgIpc) is 3.15. The molecule has 1 fully saturated rings. The summed E-state index contributed by atoms with van der Waals surface area (Å²) in [7, 11) is 3.96. The van der Waals surface area contributed by atoms with Crippen LogP contribution < -0.4 is 15.1 Å². The van der Waals surface area contributed by atoms with Gasteiger partial charge in [-0.15, -0.1) is 11.8 Å². The smallest absolute Gasteiger partial charge is 0.257 e. The Hall–Kier alpha value is -2.67. The highest BCUT2D eigenvalue weighted by molar-refractivity contribution is 8.00. The highest BCUT2D eigenvalue weighted by atomic mass is 35.5. The summed E-state index contributed by atoms with van der Waals surface area (Å²) < 4.78 is 0. The zero-order valence-corrected chi connectivity index (χ0v) is 19.8. The molecule has 3 aromatic rings. The van der Waals surface area contributed by atoms with Crippen LogP contribution in [0.2, 0.25) is 10.0 Å². The van der Waals surface area contributed by atoms with Crippen molar-refractivity contribution in [1.82, 2.24) is 0 Å². The third-order valence-electron chi connectivity index (χ3n) is 5.12. The van der Waals surface area contributed by atoms with E-state index < -0.39 is 0 Å². The second-order valence-corrected chi connectivity index (χ2v) is 9.45. The number of rotatable bonds is 5. The number of amides is 2. The maximum atomic E-state index is 12.7. The molecule has 0 unspecified atom stereocenters. The molecule has 0 aromatic heterocycles. The lowest BCUT2D eigenvalue weighted by molar-refractivity contribution is -0.115. The molecular formula is C24H21Cl2N3O2S. The van der Waals surface area contributed by atoms with Crippen LogP contribution in [0.1, 0.15) is 21.3 Å². The molecular weight excluding hydrogens is 465 g/mol. The van der Waals surface area contributed by atoms with Crippen molar-refractivity contribution < 1.29 is 9.59 Å². The van der Waals surface area contributed by atoms with Gasteiger partial charge in [0.1, 0.15) is 5.37 Å². The van der Waals surface area contributed by atoms with Crippen molar-refractivity contribution in [3.8, 4) is 0 Å².